The molecule has 1 amide bonds. The van der Waals surface area contributed by atoms with E-state index in [1.807, 2.05) is 45.0 Å². The van der Waals surface area contributed by atoms with Crippen molar-refractivity contribution < 1.29 is 19.1 Å². The fourth-order valence-corrected chi connectivity index (χ4v) is 2.40. The molecule has 0 bridgehead atoms. The molecule has 1 aliphatic heterocycles. The summed E-state index contributed by atoms with van der Waals surface area (Å²) in [5.74, 6) is -0.329. The van der Waals surface area contributed by atoms with Crippen LogP contribution in [0.3, 0.4) is 0 Å². The second kappa shape index (κ2) is 6.74. The molecule has 0 radical (unpaired) electrons. The molecule has 1 aromatic carbocycles. The smallest absolute Gasteiger partial charge is 0.416 e. The maximum Gasteiger partial charge on any atom is 0.416 e. The van der Waals surface area contributed by atoms with Crippen LogP contribution in [-0.4, -0.2) is 23.5 Å². The summed E-state index contributed by atoms with van der Waals surface area (Å²) in [7, 11) is 0. The zero-order valence-corrected chi connectivity index (χ0v) is 14.2. The minimum Gasteiger partial charge on any atom is -0.428 e. The minimum absolute atomic E-state index is 0.216. The minimum atomic E-state index is -0.606. The van der Waals surface area contributed by atoms with Gasteiger partial charge in [0, 0.05) is 6.08 Å². The molecule has 24 heavy (non-hydrogen) atoms. The zero-order valence-electron chi connectivity index (χ0n) is 14.2. The molecular weight excluding hydrogens is 306 g/mol. The Kier molecular flexibility index (Phi) is 4.93. The lowest BCUT2D eigenvalue weighted by atomic mass is 9.90. The number of esters is 1. The maximum absolute atomic E-state index is 12.2. The van der Waals surface area contributed by atoms with Crippen LogP contribution < -0.4 is 0 Å². The number of cyclic esters (lactones) is 1. The number of carbonyl (C=O) groups is 2. The van der Waals surface area contributed by atoms with Crippen LogP contribution in [0.5, 0.6) is 0 Å². The number of nitrogens with zero attached hydrogens (tertiary/aromatic N) is 1. The summed E-state index contributed by atoms with van der Waals surface area (Å²) in [6.45, 7) is 13.3. The first-order chi connectivity index (χ1) is 11.3. The molecule has 1 fully saturated rings. The predicted molar refractivity (Wildman–Crippen MR) is 91.7 cm³/mol. The quantitative estimate of drug-likeness (QED) is 0.466. The highest BCUT2D eigenvalue weighted by Crippen LogP contribution is 2.34. The van der Waals surface area contributed by atoms with E-state index in [0.717, 1.165) is 29.0 Å². The topological polar surface area (TPSA) is 55.8 Å². The van der Waals surface area contributed by atoms with Gasteiger partial charge >= 0.3 is 12.1 Å². The van der Waals surface area contributed by atoms with E-state index in [1.54, 1.807) is 4.90 Å². The molecule has 0 unspecified atom stereocenters. The van der Waals surface area contributed by atoms with E-state index < -0.39 is 17.6 Å². The molecule has 0 spiro atoms. The van der Waals surface area contributed by atoms with Crippen LogP contribution in [0.2, 0.25) is 0 Å². The van der Waals surface area contributed by atoms with Gasteiger partial charge in [-0.1, -0.05) is 36.9 Å². The summed E-state index contributed by atoms with van der Waals surface area (Å²) in [6, 6.07) is 7.88. The monoisotopic (exact) mass is 327 g/mol. The van der Waals surface area contributed by atoms with E-state index in [-0.39, 0.29) is 12.3 Å². The lowest BCUT2D eigenvalue weighted by molar-refractivity contribution is -0.132. The van der Waals surface area contributed by atoms with Crippen molar-refractivity contribution in [3.63, 3.8) is 0 Å². The summed E-state index contributed by atoms with van der Waals surface area (Å²) < 4.78 is 9.98. The van der Waals surface area contributed by atoms with Gasteiger partial charge in [-0.05, 0) is 38.0 Å². The largest absolute Gasteiger partial charge is 0.428 e. The Morgan fingerprint density at radius 2 is 2.12 bits per heavy atom. The first-order valence-electron chi connectivity index (χ1n) is 7.53. The summed E-state index contributed by atoms with van der Waals surface area (Å²) in [5, 5.41) is 0. The van der Waals surface area contributed by atoms with E-state index in [9.17, 15) is 9.59 Å². The van der Waals surface area contributed by atoms with E-state index in [0.29, 0.717) is 0 Å². The third kappa shape index (κ3) is 3.56. The molecule has 5 nitrogen and oxygen atoms in total. The number of hydrogen-bond acceptors (Lipinski definition) is 4. The summed E-state index contributed by atoms with van der Waals surface area (Å²) >= 11 is 0. The predicted octanol–water partition coefficient (Wildman–Crippen LogP) is 3.98. The van der Waals surface area contributed by atoms with Crippen molar-refractivity contribution in [2.75, 3.05) is 6.54 Å². The Labute approximate surface area is 141 Å². The molecule has 0 N–H and O–H groups in total. The molecule has 126 valence electrons. The van der Waals surface area contributed by atoms with Gasteiger partial charge in [-0.15, -0.1) is 0 Å². The Hall–Kier alpha value is -2.82. The highest BCUT2D eigenvalue weighted by Gasteiger charge is 2.39. The molecular formula is C19H21NO4. The zero-order chi connectivity index (χ0) is 17.9. The molecule has 1 heterocycles. The Morgan fingerprint density at radius 3 is 2.75 bits per heavy atom. The first kappa shape index (κ1) is 17.5. The second-order valence-corrected chi connectivity index (χ2v) is 6.10. The van der Waals surface area contributed by atoms with E-state index >= 15 is 0 Å². The molecule has 5 heteroatoms. The van der Waals surface area contributed by atoms with Gasteiger partial charge in [-0.3, -0.25) is 4.90 Å². The molecule has 0 aromatic heterocycles. The molecule has 0 saturated carbocycles. The van der Waals surface area contributed by atoms with E-state index in [2.05, 4.69) is 13.2 Å². The van der Waals surface area contributed by atoms with Crippen LogP contribution in [0.15, 0.2) is 55.5 Å². The second-order valence-electron chi connectivity index (χ2n) is 6.10. The van der Waals surface area contributed by atoms with Gasteiger partial charge in [-0.2, -0.15) is 0 Å². The normalized spacial score (nSPS) is 16.0. The molecule has 0 atom stereocenters. The number of hydrogen-bond donors (Lipinski definition) is 0. The van der Waals surface area contributed by atoms with Crippen LogP contribution in [-0.2, 0) is 19.8 Å². The Balaban J connectivity index is 2.24. The van der Waals surface area contributed by atoms with Gasteiger partial charge in [-0.25, -0.2) is 9.59 Å². The number of allylic oxidation sites excluding steroid dienone is 1. The van der Waals surface area contributed by atoms with Crippen molar-refractivity contribution in [2.45, 2.75) is 26.3 Å². The highest BCUT2D eigenvalue weighted by molar-refractivity contribution is 5.81. The summed E-state index contributed by atoms with van der Waals surface area (Å²) in [6.07, 6.45) is 1.70. The van der Waals surface area contributed by atoms with Gasteiger partial charge in [0.25, 0.3) is 0 Å². The third-order valence-corrected chi connectivity index (χ3v) is 3.96. The first-order valence-corrected chi connectivity index (χ1v) is 7.53. The average Bonchev–Trinajstić information content (AvgIpc) is 2.94. The number of ether oxygens (including phenoxy) is 2. The SMILES string of the molecule is C=CC(=O)O/C=C1\CN(C(C)(C)c2cccc(C(=C)C)c2)C(=O)O1. The number of rotatable bonds is 5. The lowest BCUT2D eigenvalue weighted by Gasteiger charge is -2.34. The van der Waals surface area contributed by atoms with Crippen LogP contribution >= 0.6 is 0 Å². The lowest BCUT2D eigenvalue weighted by Crippen LogP contribution is -2.42. The Morgan fingerprint density at radius 1 is 1.42 bits per heavy atom. The fourth-order valence-electron chi connectivity index (χ4n) is 2.40. The van der Waals surface area contributed by atoms with Gasteiger partial charge in [0.1, 0.15) is 6.26 Å². The fraction of sp³-hybridized carbons (Fsp3) is 0.263. The van der Waals surface area contributed by atoms with Crippen LogP contribution in [0, 0.1) is 0 Å². The van der Waals surface area contributed by atoms with Crippen molar-refractivity contribution in [3.8, 4) is 0 Å². The molecule has 0 aliphatic carbocycles. The standard InChI is InChI=1S/C19H21NO4/c1-6-17(21)23-12-16-11-20(18(22)24-16)19(4,5)15-9-7-8-14(10-15)13(2)3/h6-10,12H,1-2,11H2,3-5H3/b16-12+. The number of carbonyl (C=O) groups excluding carboxylic acids is 2. The molecule has 1 saturated heterocycles. The van der Waals surface area contributed by atoms with Crippen LogP contribution in [0.1, 0.15) is 31.9 Å². The van der Waals surface area contributed by atoms with Crippen LogP contribution in [0.4, 0.5) is 4.79 Å². The van der Waals surface area contributed by atoms with E-state index in [4.69, 9.17) is 9.47 Å². The molecule has 1 aromatic rings. The van der Waals surface area contributed by atoms with Crippen LogP contribution in [0.25, 0.3) is 5.57 Å². The van der Waals surface area contributed by atoms with Crippen molar-refractivity contribution in [1.29, 1.82) is 0 Å². The summed E-state index contributed by atoms with van der Waals surface area (Å²) in [5.41, 5.74) is 2.34. The highest BCUT2D eigenvalue weighted by atomic mass is 16.6. The van der Waals surface area contributed by atoms with Crippen molar-refractivity contribution in [2.24, 2.45) is 0 Å². The average molecular weight is 327 g/mol. The number of amides is 1. The van der Waals surface area contributed by atoms with Gasteiger partial charge in [0.15, 0.2) is 5.76 Å². The van der Waals surface area contributed by atoms with Crippen molar-refractivity contribution >= 4 is 17.6 Å². The van der Waals surface area contributed by atoms with E-state index in [1.165, 1.54) is 0 Å². The molecule has 1 aliphatic rings. The third-order valence-electron chi connectivity index (χ3n) is 3.96. The van der Waals surface area contributed by atoms with Gasteiger partial charge < -0.3 is 9.47 Å². The van der Waals surface area contributed by atoms with Crippen molar-refractivity contribution in [3.05, 3.63) is 66.6 Å². The Bertz CT molecular complexity index is 731. The summed E-state index contributed by atoms with van der Waals surface area (Å²) in [4.78, 5) is 24.9. The maximum atomic E-state index is 12.2. The van der Waals surface area contributed by atoms with Crippen molar-refractivity contribution in [1.82, 2.24) is 4.90 Å². The van der Waals surface area contributed by atoms with Gasteiger partial charge in [0.05, 0.1) is 12.1 Å². The van der Waals surface area contributed by atoms with Gasteiger partial charge in [0.2, 0.25) is 0 Å². The molecule has 2 rings (SSSR count). The number of benzene rings is 1.